The summed E-state index contributed by atoms with van der Waals surface area (Å²) in [7, 11) is -5.05. The quantitative estimate of drug-likeness (QED) is 0.176. The first-order valence-electron chi connectivity index (χ1n) is 9.40. The average Bonchev–Trinajstić information content (AvgIpc) is 3.21. The van der Waals surface area contributed by atoms with Crippen LogP contribution < -0.4 is 5.73 Å². The van der Waals surface area contributed by atoms with Gasteiger partial charge >= 0.3 is 13.6 Å². The van der Waals surface area contributed by atoms with Crippen molar-refractivity contribution in [1.29, 1.82) is 0 Å². The molecule has 3 heterocycles. The highest BCUT2D eigenvalue weighted by molar-refractivity contribution is 7.53. The number of carbonyl (C=O) groups excluding carboxylic acids is 1. The number of nitrogens with two attached hydrogens (primary N) is 1. The van der Waals surface area contributed by atoms with Gasteiger partial charge in [-0.15, -0.1) is 0 Å². The van der Waals surface area contributed by atoms with E-state index in [1.165, 1.54) is 10.9 Å². The van der Waals surface area contributed by atoms with Gasteiger partial charge < -0.3 is 39.9 Å². The van der Waals surface area contributed by atoms with Crippen LogP contribution >= 0.6 is 19.2 Å². The van der Waals surface area contributed by atoms with Gasteiger partial charge in [-0.3, -0.25) is 9.13 Å². The third kappa shape index (κ3) is 5.18. The lowest BCUT2D eigenvalue weighted by atomic mass is 10.1. The van der Waals surface area contributed by atoms with Crippen LogP contribution in [0.25, 0.3) is 11.2 Å². The first-order valence-corrected chi connectivity index (χ1v) is 11.5. The lowest BCUT2D eigenvalue weighted by Crippen LogP contribution is -2.36. The van der Waals surface area contributed by atoms with Gasteiger partial charge in [-0.1, -0.05) is 13.8 Å². The Bertz CT molecular complexity index is 1030. The van der Waals surface area contributed by atoms with Crippen LogP contribution in [0.3, 0.4) is 0 Å². The summed E-state index contributed by atoms with van der Waals surface area (Å²) in [5, 5.41) is 20.6. The molecule has 0 unspecified atom stereocenters. The highest BCUT2D eigenvalue weighted by Crippen LogP contribution is 2.43. The molecule has 0 aliphatic carbocycles. The highest BCUT2D eigenvalue weighted by atomic mass is 35.5. The molecule has 1 saturated heterocycles. The maximum absolute atomic E-state index is 12.1. The lowest BCUT2D eigenvalue weighted by molar-refractivity contribution is -0.156. The van der Waals surface area contributed by atoms with E-state index in [-0.39, 0.29) is 34.8 Å². The minimum atomic E-state index is -5.05. The predicted molar refractivity (Wildman–Crippen MR) is 108 cm³/mol. The Morgan fingerprint density at radius 3 is 2.66 bits per heavy atom. The number of fused-ring (bicyclic) bond motifs is 1. The fraction of sp³-hybridized carbons (Fsp3) is 0.625. The Labute approximate surface area is 186 Å². The molecule has 0 saturated carbocycles. The van der Waals surface area contributed by atoms with E-state index >= 15 is 0 Å². The zero-order valence-electron chi connectivity index (χ0n) is 17.0. The second kappa shape index (κ2) is 9.53. The summed E-state index contributed by atoms with van der Waals surface area (Å²) in [5.41, 5.74) is 6.07. The van der Waals surface area contributed by atoms with E-state index in [4.69, 9.17) is 31.5 Å². The normalized spacial score (nSPS) is 24.9. The predicted octanol–water partition coefficient (Wildman–Crippen LogP) is -0.599. The topological polar surface area (TPSA) is 212 Å². The SMILES string of the molecule is CC(C)COC(=O)[C@@H](OC[C@H]1O[C@@H](n2cnc3c(N)nc(Cl)nc32)[C@H](O)[C@H]1O)P(=O)(O)O. The summed E-state index contributed by atoms with van der Waals surface area (Å²) in [6.07, 6.45) is -4.25. The molecule has 1 aliphatic rings. The average molecular weight is 496 g/mol. The molecule has 16 heteroatoms. The Hall–Kier alpha value is -1.90. The van der Waals surface area contributed by atoms with Gasteiger partial charge in [0.2, 0.25) is 5.28 Å². The van der Waals surface area contributed by atoms with Crippen molar-refractivity contribution < 1.29 is 43.6 Å². The van der Waals surface area contributed by atoms with Gasteiger partial charge in [-0.2, -0.15) is 9.97 Å². The van der Waals surface area contributed by atoms with Crippen molar-refractivity contribution in [2.45, 2.75) is 44.2 Å². The third-order valence-electron chi connectivity index (χ3n) is 4.52. The van der Waals surface area contributed by atoms with E-state index in [9.17, 15) is 29.4 Å². The van der Waals surface area contributed by atoms with Crippen LogP contribution in [0.1, 0.15) is 20.1 Å². The third-order valence-corrected chi connectivity index (χ3v) is 5.66. The molecule has 2 aromatic rings. The molecule has 0 spiro atoms. The number of aliphatic hydroxyl groups excluding tert-OH is 2. The van der Waals surface area contributed by atoms with Crippen molar-refractivity contribution in [3.8, 4) is 0 Å². The Balaban J connectivity index is 1.75. The van der Waals surface area contributed by atoms with Gasteiger partial charge in [0.05, 0.1) is 19.5 Å². The molecule has 1 aliphatic heterocycles. The summed E-state index contributed by atoms with van der Waals surface area (Å²) in [6, 6.07) is 0. The molecular formula is C16H23ClN5O9P. The number of esters is 1. The molecule has 2 aromatic heterocycles. The number of rotatable bonds is 8. The summed E-state index contributed by atoms with van der Waals surface area (Å²) >= 11 is 5.82. The molecule has 0 radical (unpaired) electrons. The lowest BCUT2D eigenvalue weighted by Gasteiger charge is -2.21. The number of imidazole rings is 1. The van der Waals surface area contributed by atoms with E-state index in [2.05, 4.69) is 15.0 Å². The maximum Gasteiger partial charge on any atom is 0.365 e. The number of halogens is 1. The number of anilines is 1. The zero-order chi connectivity index (χ0) is 23.8. The fourth-order valence-corrected chi connectivity index (χ4v) is 3.80. The number of hydrogen-bond donors (Lipinski definition) is 5. The molecule has 1 fully saturated rings. The molecule has 5 atom stereocenters. The van der Waals surface area contributed by atoms with E-state index in [1.807, 2.05) is 0 Å². The zero-order valence-corrected chi connectivity index (χ0v) is 18.6. The molecule has 32 heavy (non-hydrogen) atoms. The van der Waals surface area contributed by atoms with Crippen LogP contribution in [0.15, 0.2) is 6.33 Å². The van der Waals surface area contributed by atoms with Crippen molar-refractivity contribution in [2.24, 2.45) is 5.92 Å². The summed E-state index contributed by atoms with van der Waals surface area (Å²) in [6.45, 7) is 2.79. The largest absolute Gasteiger partial charge is 0.463 e. The Morgan fingerprint density at radius 1 is 1.34 bits per heavy atom. The number of nitrogen functional groups attached to an aromatic ring is 1. The minimum Gasteiger partial charge on any atom is -0.463 e. The number of aromatic nitrogens is 4. The van der Waals surface area contributed by atoms with Crippen molar-refractivity contribution in [3.63, 3.8) is 0 Å². The smallest absolute Gasteiger partial charge is 0.365 e. The molecule has 0 amide bonds. The standard InChI is InChI=1S/C16H23ClN5O9P/c1-6(2)3-29-14(25)15(32(26,27)28)30-4-7-9(23)10(24)13(31-7)22-5-19-8-11(18)20-16(17)21-12(8)22/h5-7,9-10,13,15,23-24H,3-4H2,1-2H3,(H2,18,20,21)(H2,26,27,28)/t7-,9+,10-,13-,15+/m1/s1. The van der Waals surface area contributed by atoms with Crippen LogP contribution in [0, 0.1) is 5.92 Å². The second-order valence-electron chi connectivity index (χ2n) is 7.55. The van der Waals surface area contributed by atoms with Crippen LogP contribution in [0.2, 0.25) is 5.28 Å². The molecule has 0 bridgehead atoms. The number of hydrogen-bond acceptors (Lipinski definition) is 11. The number of nitrogens with zero attached hydrogens (tertiary/aromatic N) is 4. The molecule has 178 valence electrons. The van der Waals surface area contributed by atoms with E-state index in [1.54, 1.807) is 13.8 Å². The maximum atomic E-state index is 12.1. The Morgan fingerprint density at radius 2 is 2.03 bits per heavy atom. The molecule has 6 N–H and O–H groups in total. The van der Waals surface area contributed by atoms with Gasteiger partial charge in [0.1, 0.15) is 23.8 Å². The van der Waals surface area contributed by atoms with Crippen molar-refractivity contribution in [1.82, 2.24) is 19.5 Å². The van der Waals surface area contributed by atoms with Crippen LogP contribution in [-0.4, -0.2) is 82.9 Å². The van der Waals surface area contributed by atoms with E-state index < -0.39 is 50.6 Å². The number of aliphatic hydroxyl groups is 2. The molecule has 3 rings (SSSR count). The van der Waals surface area contributed by atoms with Crippen molar-refractivity contribution >= 4 is 42.1 Å². The van der Waals surface area contributed by atoms with Gasteiger partial charge in [0, 0.05) is 0 Å². The molecular weight excluding hydrogens is 473 g/mol. The van der Waals surface area contributed by atoms with Crippen LogP contribution in [0.5, 0.6) is 0 Å². The van der Waals surface area contributed by atoms with Crippen LogP contribution in [-0.2, 0) is 23.6 Å². The Kier molecular flexibility index (Phi) is 7.37. The van der Waals surface area contributed by atoms with Crippen LogP contribution in [0.4, 0.5) is 5.82 Å². The summed E-state index contributed by atoms with van der Waals surface area (Å²) in [5.74, 6) is -3.53. The van der Waals surface area contributed by atoms with Crippen molar-refractivity contribution in [2.75, 3.05) is 18.9 Å². The number of carbonyl (C=O) groups is 1. The number of ether oxygens (including phenoxy) is 3. The second-order valence-corrected chi connectivity index (χ2v) is 9.53. The summed E-state index contributed by atoms with van der Waals surface area (Å²) < 4.78 is 28.5. The first kappa shape index (κ1) is 24.7. The van der Waals surface area contributed by atoms with Gasteiger partial charge in [0.25, 0.3) is 5.85 Å². The van der Waals surface area contributed by atoms with Gasteiger partial charge in [0.15, 0.2) is 17.7 Å². The van der Waals surface area contributed by atoms with E-state index in [0.29, 0.717) is 0 Å². The fourth-order valence-electron chi connectivity index (χ4n) is 3.00. The highest BCUT2D eigenvalue weighted by Gasteiger charge is 2.46. The minimum absolute atomic E-state index is 0.00364. The van der Waals surface area contributed by atoms with E-state index in [0.717, 1.165) is 0 Å². The first-order chi connectivity index (χ1) is 14.9. The molecule has 14 nitrogen and oxygen atoms in total. The van der Waals surface area contributed by atoms with Gasteiger partial charge in [-0.25, -0.2) is 9.78 Å². The van der Waals surface area contributed by atoms with Gasteiger partial charge in [-0.05, 0) is 17.5 Å². The summed E-state index contributed by atoms with van der Waals surface area (Å²) in [4.78, 5) is 42.8. The monoisotopic (exact) mass is 495 g/mol. The van der Waals surface area contributed by atoms with Crippen molar-refractivity contribution in [3.05, 3.63) is 11.6 Å². The molecule has 0 aromatic carbocycles.